The van der Waals surface area contributed by atoms with E-state index >= 15 is 0 Å². The number of aromatic amines is 1. The summed E-state index contributed by atoms with van der Waals surface area (Å²) in [5.41, 5.74) is 4.62. The largest absolute Gasteiger partial charge is 0.497 e. The van der Waals surface area contributed by atoms with E-state index in [1.807, 2.05) is 54.6 Å². The number of hydrogen-bond acceptors (Lipinski definition) is 5. The van der Waals surface area contributed by atoms with Crippen molar-refractivity contribution in [1.82, 2.24) is 15.2 Å². The number of fused-ring (bicyclic) bond motifs is 3. The predicted molar refractivity (Wildman–Crippen MR) is 126 cm³/mol. The standard InChI is InChI=1S/C26H23N3O3/c1-30-18-11-7-10-17(13-18)25-20-15-23(32-3)22(31-2)14-19(20)24-21(28-29-26(24)27-25)12-16-8-5-4-6-9-16/h4-11,13-15H,12H2,1-3H3,(H,27,28,29). The van der Waals surface area contributed by atoms with Crippen molar-refractivity contribution in [2.75, 3.05) is 21.3 Å². The third-order valence-electron chi connectivity index (χ3n) is 5.65. The van der Waals surface area contributed by atoms with Crippen LogP contribution in [0, 0.1) is 0 Å². The summed E-state index contributed by atoms with van der Waals surface area (Å²) in [6, 6.07) is 22.2. The number of rotatable bonds is 6. The minimum atomic E-state index is 0.651. The molecule has 2 aromatic heterocycles. The van der Waals surface area contributed by atoms with Crippen LogP contribution in [0.2, 0.25) is 0 Å². The smallest absolute Gasteiger partial charge is 0.182 e. The van der Waals surface area contributed by atoms with Crippen molar-refractivity contribution in [3.63, 3.8) is 0 Å². The zero-order valence-electron chi connectivity index (χ0n) is 18.2. The Kier molecular flexibility index (Phi) is 5.11. The molecule has 0 saturated heterocycles. The van der Waals surface area contributed by atoms with Gasteiger partial charge in [0.25, 0.3) is 0 Å². The van der Waals surface area contributed by atoms with Crippen LogP contribution < -0.4 is 14.2 Å². The molecule has 0 aliphatic rings. The number of methoxy groups -OCH3 is 3. The number of aromatic nitrogens is 3. The minimum Gasteiger partial charge on any atom is -0.497 e. The van der Waals surface area contributed by atoms with Crippen LogP contribution in [0.3, 0.4) is 0 Å². The Bertz CT molecular complexity index is 1410. The van der Waals surface area contributed by atoms with Crippen LogP contribution in [0.4, 0.5) is 0 Å². The van der Waals surface area contributed by atoms with Crippen LogP contribution in [0.25, 0.3) is 33.1 Å². The normalized spacial score (nSPS) is 11.1. The number of ether oxygens (including phenoxy) is 3. The van der Waals surface area contributed by atoms with Gasteiger partial charge in [0.1, 0.15) is 5.75 Å². The van der Waals surface area contributed by atoms with Crippen molar-refractivity contribution in [3.8, 4) is 28.5 Å². The van der Waals surface area contributed by atoms with Crippen LogP contribution >= 0.6 is 0 Å². The van der Waals surface area contributed by atoms with Gasteiger partial charge in [0.05, 0.1) is 32.4 Å². The van der Waals surface area contributed by atoms with E-state index in [-0.39, 0.29) is 0 Å². The number of H-pyrrole nitrogens is 1. The average molecular weight is 425 g/mol. The van der Waals surface area contributed by atoms with Crippen LogP contribution in [-0.2, 0) is 6.42 Å². The zero-order chi connectivity index (χ0) is 22.1. The van der Waals surface area contributed by atoms with Crippen molar-refractivity contribution in [3.05, 3.63) is 78.0 Å². The molecule has 0 fully saturated rings. The Hall–Kier alpha value is -4.06. The lowest BCUT2D eigenvalue weighted by Gasteiger charge is -2.13. The summed E-state index contributed by atoms with van der Waals surface area (Å²) in [5.74, 6) is 2.08. The van der Waals surface area contributed by atoms with E-state index in [2.05, 4.69) is 22.3 Å². The van der Waals surface area contributed by atoms with Gasteiger partial charge in [-0.2, -0.15) is 5.10 Å². The first kappa shape index (κ1) is 19.9. The number of pyridine rings is 1. The van der Waals surface area contributed by atoms with Gasteiger partial charge in [-0.1, -0.05) is 42.5 Å². The molecule has 1 N–H and O–H groups in total. The highest BCUT2D eigenvalue weighted by atomic mass is 16.5. The molecular formula is C26H23N3O3. The quantitative estimate of drug-likeness (QED) is 0.395. The SMILES string of the molecule is COc1cccc(-c2nc3n[nH]c(Cc4ccccc4)c3c3cc(OC)c(OC)cc23)c1. The summed E-state index contributed by atoms with van der Waals surface area (Å²) < 4.78 is 16.6. The van der Waals surface area contributed by atoms with E-state index in [9.17, 15) is 0 Å². The molecule has 6 nitrogen and oxygen atoms in total. The van der Waals surface area contributed by atoms with Crippen LogP contribution in [0.1, 0.15) is 11.3 Å². The highest BCUT2D eigenvalue weighted by Crippen LogP contribution is 2.40. The van der Waals surface area contributed by atoms with Gasteiger partial charge in [-0.3, -0.25) is 5.10 Å². The Balaban J connectivity index is 1.81. The van der Waals surface area contributed by atoms with Gasteiger partial charge in [0.15, 0.2) is 17.1 Å². The first-order valence-electron chi connectivity index (χ1n) is 10.3. The fourth-order valence-electron chi connectivity index (χ4n) is 4.10. The molecule has 5 aromatic rings. The predicted octanol–water partition coefficient (Wildman–Crippen LogP) is 5.39. The Labute approximate surface area is 185 Å². The minimum absolute atomic E-state index is 0.651. The summed E-state index contributed by atoms with van der Waals surface area (Å²) in [6.07, 6.45) is 0.723. The van der Waals surface area contributed by atoms with Crippen molar-refractivity contribution in [2.24, 2.45) is 0 Å². The van der Waals surface area contributed by atoms with Gasteiger partial charge >= 0.3 is 0 Å². The van der Waals surface area contributed by atoms with E-state index in [0.717, 1.165) is 45.3 Å². The Morgan fingerprint density at radius 3 is 2.25 bits per heavy atom. The monoisotopic (exact) mass is 425 g/mol. The summed E-state index contributed by atoms with van der Waals surface area (Å²) in [6.45, 7) is 0. The molecule has 160 valence electrons. The molecule has 0 aliphatic heterocycles. The second-order valence-corrected chi connectivity index (χ2v) is 7.51. The van der Waals surface area contributed by atoms with E-state index in [4.69, 9.17) is 19.2 Å². The van der Waals surface area contributed by atoms with Gasteiger partial charge < -0.3 is 14.2 Å². The summed E-state index contributed by atoms with van der Waals surface area (Å²) in [5, 5.41) is 10.7. The molecule has 0 aliphatic carbocycles. The van der Waals surface area contributed by atoms with Crippen molar-refractivity contribution in [1.29, 1.82) is 0 Å². The number of hydrogen-bond donors (Lipinski definition) is 1. The molecular weight excluding hydrogens is 402 g/mol. The second-order valence-electron chi connectivity index (χ2n) is 7.51. The number of nitrogens with one attached hydrogen (secondary N) is 1. The molecule has 0 bridgehead atoms. The molecule has 5 rings (SSSR count). The molecule has 32 heavy (non-hydrogen) atoms. The zero-order valence-corrected chi connectivity index (χ0v) is 18.2. The van der Waals surface area contributed by atoms with Gasteiger partial charge in [0.2, 0.25) is 0 Å². The van der Waals surface area contributed by atoms with Crippen molar-refractivity contribution in [2.45, 2.75) is 6.42 Å². The first-order valence-corrected chi connectivity index (χ1v) is 10.3. The van der Waals surface area contributed by atoms with Gasteiger partial charge in [-0.25, -0.2) is 4.98 Å². The summed E-state index contributed by atoms with van der Waals surface area (Å²) in [4.78, 5) is 4.95. The van der Waals surface area contributed by atoms with E-state index in [1.165, 1.54) is 5.56 Å². The number of benzene rings is 3. The third-order valence-corrected chi connectivity index (χ3v) is 5.65. The first-order chi connectivity index (χ1) is 15.7. The van der Waals surface area contributed by atoms with Crippen molar-refractivity contribution >= 4 is 21.8 Å². The third kappa shape index (κ3) is 3.39. The molecule has 6 heteroatoms. The Morgan fingerprint density at radius 1 is 0.781 bits per heavy atom. The van der Waals surface area contributed by atoms with Crippen LogP contribution in [0.15, 0.2) is 66.7 Å². The average Bonchev–Trinajstić information content (AvgIpc) is 3.25. The van der Waals surface area contributed by atoms with Gasteiger partial charge in [0, 0.05) is 28.5 Å². The Morgan fingerprint density at radius 2 is 1.53 bits per heavy atom. The van der Waals surface area contributed by atoms with E-state index < -0.39 is 0 Å². The molecule has 0 saturated carbocycles. The molecule has 0 atom stereocenters. The van der Waals surface area contributed by atoms with E-state index in [1.54, 1.807) is 21.3 Å². The topological polar surface area (TPSA) is 69.3 Å². The molecule has 0 radical (unpaired) electrons. The van der Waals surface area contributed by atoms with Crippen molar-refractivity contribution < 1.29 is 14.2 Å². The molecule has 0 unspecified atom stereocenters. The maximum Gasteiger partial charge on any atom is 0.182 e. The lowest BCUT2D eigenvalue weighted by molar-refractivity contribution is 0.356. The van der Waals surface area contributed by atoms with Gasteiger partial charge in [-0.05, 0) is 29.8 Å². The highest BCUT2D eigenvalue weighted by molar-refractivity contribution is 6.12. The highest BCUT2D eigenvalue weighted by Gasteiger charge is 2.19. The van der Waals surface area contributed by atoms with Crippen LogP contribution in [-0.4, -0.2) is 36.5 Å². The van der Waals surface area contributed by atoms with Gasteiger partial charge in [-0.15, -0.1) is 0 Å². The summed E-state index contributed by atoms with van der Waals surface area (Å²) >= 11 is 0. The van der Waals surface area contributed by atoms with E-state index in [0.29, 0.717) is 17.1 Å². The maximum absolute atomic E-state index is 5.61. The van der Waals surface area contributed by atoms with Crippen LogP contribution in [0.5, 0.6) is 17.2 Å². The maximum atomic E-state index is 5.61. The molecule has 2 heterocycles. The lowest BCUT2D eigenvalue weighted by atomic mass is 9.98. The lowest BCUT2D eigenvalue weighted by Crippen LogP contribution is -1.95. The number of nitrogens with zero attached hydrogens (tertiary/aromatic N) is 2. The fraction of sp³-hybridized carbons (Fsp3) is 0.154. The second kappa shape index (κ2) is 8.23. The molecule has 0 amide bonds. The summed E-state index contributed by atoms with van der Waals surface area (Å²) in [7, 11) is 4.94. The molecule has 3 aromatic carbocycles. The fourth-order valence-corrected chi connectivity index (χ4v) is 4.10. The molecule has 0 spiro atoms.